The average molecular weight is 305 g/mol. The molecule has 0 aliphatic carbocycles. The van der Waals surface area contributed by atoms with E-state index in [1.165, 1.54) is 12.0 Å². The molecule has 1 aromatic carbocycles. The lowest BCUT2D eigenvalue weighted by atomic mass is 9.98. The van der Waals surface area contributed by atoms with Gasteiger partial charge in [0.25, 0.3) is 0 Å². The molecule has 1 aromatic rings. The molecule has 3 rings (SSSR count). The summed E-state index contributed by atoms with van der Waals surface area (Å²) in [6.07, 6.45) is 3.44. The van der Waals surface area contributed by atoms with Crippen molar-refractivity contribution in [2.45, 2.75) is 25.8 Å². The summed E-state index contributed by atoms with van der Waals surface area (Å²) in [5.74, 6) is 1.94. The zero-order valence-corrected chi connectivity index (χ0v) is 13.2. The standard InChI is InChI=1S/C18H27NO3/c20-12-16-4-2-7-19(11-16)10-15-3-1-5-18(9-15)22-14-17-6-8-21-13-17/h1,3,5,9,16-17,20H,2,4,6-8,10-14H2. The van der Waals surface area contributed by atoms with Crippen molar-refractivity contribution < 1.29 is 14.6 Å². The molecule has 2 unspecified atom stereocenters. The van der Waals surface area contributed by atoms with E-state index in [2.05, 4.69) is 23.1 Å². The second-order valence-corrected chi connectivity index (χ2v) is 6.61. The smallest absolute Gasteiger partial charge is 0.119 e. The van der Waals surface area contributed by atoms with Crippen molar-refractivity contribution in [1.29, 1.82) is 0 Å². The zero-order chi connectivity index (χ0) is 15.2. The first kappa shape index (κ1) is 15.8. The summed E-state index contributed by atoms with van der Waals surface area (Å²) in [5, 5.41) is 9.34. The Hall–Kier alpha value is -1.10. The van der Waals surface area contributed by atoms with E-state index in [1.54, 1.807) is 0 Å². The maximum Gasteiger partial charge on any atom is 0.119 e. The van der Waals surface area contributed by atoms with Crippen LogP contribution in [0.15, 0.2) is 24.3 Å². The summed E-state index contributed by atoms with van der Waals surface area (Å²) in [6.45, 7) is 5.83. The molecule has 0 saturated carbocycles. The minimum atomic E-state index is 0.309. The van der Waals surface area contributed by atoms with Gasteiger partial charge in [-0.3, -0.25) is 4.90 Å². The molecule has 2 heterocycles. The number of likely N-dealkylation sites (tertiary alicyclic amines) is 1. The van der Waals surface area contributed by atoms with Crippen LogP contribution in [0, 0.1) is 11.8 Å². The van der Waals surface area contributed by atoms with E-state index in [4.69, 9.17) is 9.47 Å². The summed E-state index contributed by atoms with van der Waals surface area (Å²) in [7, 11) is 0. The van der Waals surface area contributed by atoms with Crippen LogP contribution >= 0.6 is 0 Å². The van der Waals surface area contributed by atoms with Crippen LogP contribution in [0.3, 0.4) is 0 Å². The number of benzene rings is 1. The number of rotatable bonds is 6. The maximum absolute atomic E-state index is 9.34. The van der Waals surface area contributed by atoms with Gasteiger partial charge in [0.05, 0.1) is 13.2 Å². The van der Waals surface area contributed by atoms with Gasteiger partial charge in [-0.1, -0.05) is 12.1 Å². The first-order valence-corrected chi connectivity index (χ1v) is 8.46. The summed E-state index contributed by atoms with van der Waals surface area (Å²) >= 11 is 0. The van der Waals surface area contributed by atoms with Gasteiger partial charge < -0.3 is 14.6 Å². The summed E-state index contributed by atoms with van der Waals surface area (Å²) < 4.78 is 11.3. The molecule has 22 heavy (non-hydrogen) atoms. The molecule has 0 bridgehead atoms. The number of aliphatic hydroxyl groups excluding tert-OH is 1. The predicted molar refractivity (Wildman–Crippen MR) is 85.9 cm³/mol. The third-order valence-electron chi connectivity index (χ3n) is 4.68. The second-order valence-electron chi connectivity index (χ2n) is 6.61. The molecule has 4 nitrogen and oxygen atoms in total. The number of hydrogen-bond donors (Lipinski definition) is 1. The van der Waals surface area contributed by atoms with Crippen molar-refractivity contribution in [1.82, 2.24) is 4.90 Å². The van der Waals surface area contributed by atoms with Crippen LogP contribution in [0.2, 0.25) is 0 Å². The van der Waals surface area contributed by atoms with E-state index in [9.17, 15) is 5.11 Å². The monoisotopic (exact) mass is 305 g/mol. The summed E-state index contributed by atoms with van der Waals surface area (Å²) in [5.41, 5.74) is 1.29. The molecule has 4 heteroatoms. The maximum atomic E-state index is 9.34. The number of piperidine rings is 1. The predicted octanol–water partition coefficient (Wildman–Crippen LogP) is 2.31. The normalized spacial score (nSPS) is 26.2. The minimum absolute atomic E-state index is 0.309. The molecule has 122 valence electrons. The number of ether oxygens (including phenoxy) is 2. The van der Waals surface area contributed by atoms with E-state index in [1.807, 2.05) is 6.07 Å². The van der Waals surface area contributed by atoms with Crippen LogP contribution in [0.4, 0.5) is 0 Å². The molecule has 0 amide bonds. The van der Waals surface area contributed by atoms with E-state index in [0.29, 0.717) is 18.4 Å². The third kappa shape index (κ3) is 4.45. The lowest BCUT2D eigenvalue weighted by Crippen LogP contribution is -2.36. The molecule has 2 saturated heterocycles. The highest BCUT2D eigenvalue weighted by Gasteiger charge is 2.19. The Balaban J connectivity index is 1.51. The Morgan fingerprint density at radius 2 is 2.23 bits per heavy atom. The van der Waals surface area contributed by atoms with Crippen molar-refractivity contribution in [3.8, 4) is 5.75 Å². The SMILES string of the molecule is OCC1CCCN(Cc2cccc(OCC3CCOC3)c2)C1. The Bertz CT molecular complexity index is 459. The van der Waals surface area contributed by atoms with Gasteiger partial charge in [-0.15, -0.1) is 0 Å². The fraction of sp³-hybridized carbons (Fsp3) is 0.667. The Morgan fingerprint density at radius 1 is 1.27 bits per heavy atom. The fourth-order valence-corrected chi connectivity index (χ4v) is 3.36. The molecule has 2 aliphatic rings. The van der Waals surface area contributed by atoms with E-state index < -0.39 is 0 Å². The number of aliphatic hydroxyl groups is 1. The largest absolute Gasteiger partial charge is 0.493 e. The van der Waals surface area contributed by atoms with Crippen LogP contribution in [0.5, 0.6) is 5.75 Å². The highest BCUT2D eigenvalue weighted by atomic mass is 16.5. The van der Waals surface area contributed by atoms with Crippen LogP contribution in [0.1, 0.15) is 24.8 Å². The third-order valence-corrected chi connectivity index (χ3v) is 4.68. The number of nitrogens with zero attached hydrogens (tertiary/aromatic N) is 1. The summed E-state index contributed by atoms with van der Waals surface area (Å²) in [4.78, 5) is 2.44. The number of hydrogen-bond acceptors (Lipinski definition) is 4. The first-order chi connectivity index (χ1) is 10.8. The molecule has 0 aromatic heterocycles. The highest BCUT2D eigenvalue weighted by molar-refractivity contribution is 5.28. The fourth-order valence-electron chi connectivity index (χ4n) is 3.36. The summed E-state index contributed by atoms with van der Waals surface area (Å²) in [6, 6.07) is 8.42. The molecule has 1 N–H and O–H groups in total. The minimum Gasteiger partial charge on any atom is -0.493 e. The quantitative estimate of drug-likeness (QED) is 0.876. The van der Waals surface area contributed by atoms with Gasteiger partial charge in [-0.25, -0.2) is 0 Å². The van der Waals surface area contributed by atoms with Gasteiger partial charge in [0.1, 0.15) is 5.75 Å². The second kappa shape index (κ2) is 7.95. The molecule has 0 radical (unpaired) electrons. The lowest BCUT2D eigenvalue weighted by molar-refractivity contribution is 0.116. The van der Waals surface area contributed by atoms with E-state index in [0.717, 1.165) is 58.0 Å². The highest BCUT2D eigenvalue weighted by Crippen LogP contribution is 2.21. The van der Waals surface area contributed by atoms with Crippen molar-refractivity contribution in [3.05, 3.63) is 29.8 Å². The molecule has 2 aliphatic heterocycles. The van der Waals surface area contributed by atoms with Gasteiger partial charge in [-0.05, 0) is 49.4 Å². The van der Waals surface area contributed by atoms with Gasteiger partial charge in [0.15, 0.2) is 0 Å². The van der Waals surface area contributed by atoms with Crippen molar-refractivity contribution in [2.75, 3.05) is 39.5 Å². The molecular formula is C18H27NO3. The van der Waals surface area contributed by atoms with Crippen molar-refractivity contribution in [3.63, 3.8) is 0 Å². The van der Waals surface area contributed by atoms with Gasteiger partial charge in [-0.2, -0.15) is 0 Å². The lowest BCUT2D eigenvalue weighted by Gasteiger charge is -2.31. The van der Waals surface area contributed by atoms with Gasteiger partial charge >= 0.3 is 0 Å². The van der Waals surface area contributed by atoms with Gasteiger partial charge in [0.2, 0.25) is 0 Å². The Morgan fingerprint density at radius 3 is 3.05 bits per heavy atom. The molecular weight excluding hydrogens is 278 g/mol. The van der Waals surface area contributed by atoms with Crippen LogP contribution in [-0.2, 0) is 11.3 Å². The van der Waals surface area contributed by atoms with Crippen molar-refractivity contribution >= 4 is 0 Å². The van der Waals surface area contributed by atoms with Crippen molar-refractivity contribution in [2.24, 2.45) is 11.8 Å². The topological polar surface area (TPSA) is 41.9 Å². The molecule has 2 fully saturated rings. The van der Waals surface area contributed by atoms with E-state index >= 15 is 0 Å². The molecule has 2 atom stereocenters. The van der Waals surface area contributed by atoms with Gasteiger partial charge in [0, 0.05) is 32.2 Å². The van der Waals surface area contributed by atoms with Crippen LogP contribution < -0.4 is 4.74 Å². The average Bonchev–Trinajstić information content (AvgIpc) is 3.07. The molecule has 0 spiro atoms. The van der Waals surface area contributed by atoms with Crippen LogP contribution in [0.25, 0.3) is 0 Å². The zero-order valence-electron chi connectivity index (χ0n) is 13.2. The van der Waals surface area contributed by atoms with E-state index in [-0.39, 0.29) is 0 Å². The first-order valence-electron chi connectivity index (χ1n) is 8.46. The Labute approximate surface area is 133 Å². The van der Waals surface area contributed by atoms with Crippen LogP contribution in [-0.4, -0.2) is 49.5 Å². The Kier molecular flexibility index (Phi) is 5.70.